The average molecular weight is 390 g/mol. The van der Waals surface area contributed by atoms with Gasteiger partial charge in [0.1, 0.15) is 0 Å². The van der Waals surface area contributed by atoms with Crippen LogP contribution in [0.5, 0.6) is 0 Å². The van der Waals surface area contributed by atoms with Crippen LogP contribution < -0.4 is 5.11 Å². The molecule has 0 saturated carbocycles. The van der Waals surface area contributed by atoms with Gasteiger partial charge < -0.3 is 14.9 Å². The van der Waals surface area contributed by atoms with E-state index in [1.54, 1.807) is 0 Å². The second kappa shape index (κ2) is 6.61. The van der Waals surface area contributed by atoms with Crippen LogP contribution in [-0.2, 0) is 32.5 Å². The van der Waals surface area contributed by atoms with Crippen LogP contribution in [0.25, 0.3) is 10.9 Å². The van der Waals surface area contributed by atoms with Gasteiger partial charge in [-0.2, -0.15) is 0 Å². The Kier molecular flexibility index (Phi) is 6.24. The Balaban J connectivity index is 0.000000346. The van der Waals surface area contributed by atoms with Crippen molar-refractivity contribution in [2.24, 2.45) is 0 Å². The molecule has 1 aromatic carbocycles. The van der Waals surface area contributed by atoms with Crippen molar-refractivity contribution in [1.82, 2.24) is 4.98 Å². The van der Waals surface area contributed by atoms with Crippen LogP contribution in [0, 0.1) is 13.0 Å². The van der Waals surface area contributed by atoms with Crippen molar-refractivity contribution >= 4 is 16.9 Å². The molecule has 0 saturated heterocycles. The van der Waals surface area contributed by atoms with Gasteiger partial charge in [-0.05, 0) is 19.9 Å². The number of fused-ring (bicyclic) bond motifs is 1. The van der Waals surface area contributed by atoms with E-state index in [2.05, 4.69) is 23.2 Å². The molecular weight excluding hydrogens is 379 g/mol. The molecule has 15 heavy (non-hydrogen) atoms. The summed E-state index contributed by atoms with van der Waals surface area (Å²) >= 11 is 0. The molecule has 2 aromatic rings. The molecule has 0 aliphatic heterocycles. The summed E-state index contributed by atoms with van der Waals surface area (Å²) in [6.07, 6.45) is 0. The summed E-state index contributed by atoms with van der Waals surface area (Å²) < 4.78 is 0. The van der Waals surface area contributed by atoms with E-state index < -0.39 is 5.97 Å². The first kappa shape index (κ1) is 14.2. The molecule has 2 radical (unpaired) electrons. The number of hydrogen-bond donors (Lipinski definition) is 1. The van der Waals surface area contributed by atoms with Crippen LogP contribution in [0.2, 0.25) is 0 Å². The SMILES string of the molecule is CC(=O)[O-].Cc1[c]c2ccccc2[nH]1.[Hg+]. The predicted octanol–water partition coefficient (Wildman–Crippen LogP) is 1.03. The molecule has 1 aromatic heterocycles. The second-order valence-electron chi connectivity index (χ2n) is 2.91. The molecule has 0 aliphatic carbocycles. The van der Waals surface area contributed by atoms with E-state index in [1.807, 2.05) is 19.1 Å². The van der Waals surface area contributed by atoms with Gasteiger partial charge in [0.25, 0.3) is 0 Å². The topological polar surface area (TPSA) is 55.9 Å². The number of aliphatic carboxylic acids is 1. The number of aryl methyl sites for hydroxylation is 1. The molecule has 0 atom stereocenters. The van der Waals surface area contributed by atoms with Gasteiger partial charge in [0.05, 0.1) is 0 Å². The number of aromatic nitrogens is 1. The molecule has 0 bridgehead atoms. The largest absolute Gasteiger partial charge is 1.00 e. The van der Waals surface area contributed by atoms with E-state index in [4.69, 9.17) is 9.90 Å². The predicted molar refractivity (Wildman–Crippen MR) is 52.6 cm³/mol. The first-order valence-corrected chi connectivity index (χ1v) is 4.24. The smallest absolute Gasteiger partial charge is 0.550 e. The van der Waals surface area contributed by atoms with Gasteiger partial charge in [0.15, 0.2) is 0 Å². The monoisotopic (exact) mass is 391 g/mol. The van der Waals surface area contributed by atoms with Crippen LogP contribution in [0.3, 0.4) is 0 Å². The Labute approximate surface area is 109 Å². The van der Waals surface area contributed by atoms with Gasteiger partial charge in [0, 0.05) is 28.6 Å². The van der Waals surface area contributed by atoms with Gasteiger partial charge >= 0.3 is 27.7 Å². The fraction of sp³-hybridized carbons (Fsp3) is 0.182. The summed E-state index contributed by atoms with van der Waals surface area (Å²) in [5, 5.41) is 10.1. The number of benzene rings is 1. The molecule has 1 heterocycles. The Bertz CT molecular complexity index is 400. The van der Waals surface area contributed by atoms with Gasteiger partial charge in [0.2, 0.25) is 0 Å². The summed E-state index contributed by atoms with van der Waals surface area (Å²) in [7, 11) is 0. The molecule has 74 valence electrons. The molecule has 0 fully saturated rings. The number of carboxylic acid groups (broad SMARTS) is 1. The minimum atomic E-state index is -1.08. The zero-order valence-electron chi connectivity index (χ0n) is 8.83. The third-order valence-electron chi connectivity index (χ3n) is 1.57. The maximum atomic E-state index is 8.89. The molecule has 1 N–H and O–H groups in total. The molecule has 3 nitrogen and oxygen atoms in total. The molecule has 0 aliphatic rings. The van der Waals surface area contributed by atoms with E-state index in [-0.39, 0.29) is 27.7 Å². The minimum Gasteiger partial charge on any atom is -0.550 e. The van der Waals surface area contributed by atoms with E-state index in [9.17, 15) is 0 Å². The third-order valence-corrected chi connectivity index (χ3v) is 1.57. The first-order chi connectivity index (χ1) is 6.59. The first-order valence-electron chi connectivity index (χ1n) is 4.24. The van der Waals surface area contributed by atoms with Crippen molar-refractivity contribution in [2.45, 2.75) is 13.8 Å². The zero-order valence-corrected chi connectivity index (χ0v) is 14.3. The average Bonchev–Trinajstić information content (AvgIpc) is 2.42. The van der Waals surface area contributed by atoms with Crippen molar-refractivity contribution in [3.8, 4) is 0 Å². The van der Waals surface area contributed by atoms with Crippen LogP contribution in [0.1, 0.15) is 12.6 Å². The van der Waals surface area contributed by atoms with Gasteiger partial charge in [-0.15, -0.1) is 0 Å². The minimum absolute atomic E-state index is 0. The van der Waals surface area contributed by atoms with Gasteiger partial charge in [-0.3, -0.25) is 0 Å². The van der Waals surface area contributed by atoms with Crippen molar-refractivity contribution in [3.05, 3.63) is 36.0 Å². The van der Waals surface area contributed by atoms with Crippen LogP contribution in [-0.4, -0.2) is 11.0 Å². The number of aromatic amines is 1. The number of carboxylic acids is 1. The maximum Gasteiger partial charge on any atom is 1.00 e. The van der Waals surface area contributed by atoms with E-state index >= 15 is 0 Å². The Morgan fingerprint density at radius 1 is 1.40 bits per heavy atom. The second-order valence-corrected chi connectivity index (χ2v) is 2.91. The normalized spacial score (nSPS) is 8.67. The number of H-pyrrole nitrogens is 1. The summed E-state index contributed by atoms with van der Waals surface area (Å²) in [5.74, 6) is -1.08. The quantitative estimate of drug-likeness (QED) is 0.684. The number of nitrogens with one attached hydrogen (secondary N) is 1. The van der Waals surface area contributed by atoms with Crippen LogP contribution in [0.15, 0.2) is 24.3 Å². The van der Waals surface area contributed by atoms with Crippen molar-refractivity contribution in [3.63, 3.8) is 0 Å². The summed E-state index contributed by atoms with van der Waals surface area (Å²) in [6, 6.07) is 11.4. The van der Waals surface area contributed by atoms with Crippen molar-refractivity contribution < 1.29 is 37.6 Å². The molecule has 0 spiro atoms. The maximum absolute atomic E-state index is 8.89. The Hall–Kier alpha value is -0.835. The number of carbonyl (C=O) groups excluding carboxylic acids is 1. The van der Waals surface area contributed by atoms with E-state index in [0.717, 1.165) is 12.6 Å². The number of rotatable bonds is 0. The number of hydrogen-bond acceptors (Lipinski definition) is 2. The number of para-hydroxylation sites is 1. The Morgan fingerprint density at radius 2 is 1.93 bits per heavy atom. The molecule has 4 heteroatoms. The molecular formula is C11H11HgNO2. The fourth-order valence-corrected chi connectivity index (χ4v) is 1.14. The third kappa shape index (κ3) is 4.97. The van der Waals surface area contributed by atoms with Crippen LogP contribution in [0.4, 0.5) is 0 Å². The van der Waals surface area contributed by atoms with Crippen LogP contribution >= 0.6 is 0 Å². The zero-order chi connectivity index (χ0) is 10.6. The molecule has 0 amide bonds. The van der Waals surface area contributed by atoms with Gasteiger partial charge in [-0.1, -0.05) is 18.2 Å². The number of carbonyl (C=O) groups is 1. The Morgan fingerprint density at radius 3 is 2.47 bits per heavy atom. The summed E-state index contributed by atoms with van der Waals surface area (Å²) in [5.41, 5.74) is 2.27. The van der Waals surface area contributed by atoms with E-state index in [0.29, 0.717) is 0 Å². The van der Waals surface area contributed by atoms with Gasteiger partial charge in [-0.25, -0.2) is 0 Å². The summed E-state index contributed by atoms with van der Waals surface area (Å²) in [4.78, 5) is 12.1. The fourth-order valence-electron chi connectivity index (χ4n) is 1.14. The standard InChI is InChI=1S/C9H8N.C2H4O2.Hg/c1-7-6-8-4-2-3-5-9(8)10-7;1-2(3)4;/h2-5,10H,1H3;1H3,(H,3,4);/q;;+1/p-1. The molecule has 2 rings (SSSR count). The van der Waals surface area contributed by atoms with Crippen molar-refractivity contribution in [2.75, 3.05) is 0 Å². The molecule has 0 unspecified atom stereocenters. The summed E-state index contributed by atoms with van der Waals surface area (Å²) in [6.45, 7) is 2.99. The van der Waals surface area contributed by atoms with Crippen molar-refractivity contribution in [1.29, 1.82) is 0 Å². The van der Waals surface area contributed by atoms with E-state index in [1.165, 1.54) is 10.9 Å².